The van der Waals surface area contributed by atoms with Crippen molar-refractivity contribution in [3.63, 3.8) is 0 Å². The summed E-state index contributed by atoms with van der Waals surface area (Å²) in [5, 5.41) is 5.84. The predicted molar refractivity (Wildman–Crippen MR) is 102 cm³/mol. The van der Waals surface area contributed by atoms with Crippen molar-refractivity contribution in [3.05, 3.63) is 45.7 Å². The molecule has 0 radical (unpaired) electrons. The van der Waals surface area contributed by atoms with Crippen LogP contribution >= 0.6 is 11.8 Å². The van der Waals surface area contributed by atoms with E-state index in [1.165, 1.54) is 11.8 Å². The number of nitrogens with one attached hydrogen (secondary N) is 3. The fourth-order valence-electron chi connectivity index (χ4n) is 2.79. The Bertz CT molecular complexity index is 910. The lowest BCUT2D eigenvalue weighted by atomic mass is 9.92. The fourth-order valence-corrected chi connectivity index (χ4v) is 3.51. The maximum atomic E-state index is 12.7. The summed E-state index contributed by atoms with van der Waals surface area (Å²) in [4.78, 5) is 44.3. The minimum Gasteiger partial charge on any atom is -0.326 e. The first-order chi connectivity index (χ1) is 12.5. The first-order valence-electron chi connectivity index (χ1n) is 8.42. The van der Waals surface area contributed by atoms with Gasteiger partial charge in [0.1, 0.15) is 5.82 Å². The van der Waals surface area contributed by atoms with Crippen molar-refractivity contribution < 1.29 is 9.59 Å². The van der Waals surface area contributed by atoms with Crippen LogP contribution < -0.4 is 16.2 Å². The van der Waals surface area contributed by atoms with Gasteiger partial charge in [-0.3, -0.25) is 14.4 Å². The largest absolute Gasteiger partial charge is 0.326 e. The second-order valence-electron chi connectivity index (χ2n) is 6.15. The van der Waals surface area contributed by atoms with Crippen LogP contribution in [0.2, 0.25) is 0 Å². The third-order valence-corrected chi connectivity index (χ3v) is 5.05. The highest BCUT2D eigenvalue weighted by Gasteiger charge is 2.34. The SMILES string of the molecule is CCCSc1nc2c(c(=O)[nH]1)[C@@H](C(=O)Nc1cccc(C)c1)CC(=O)N2. The van der Waals surface area contributed by atoms with E-state index in [-0.39, 0.29) is 23.7 Å². The molecule has 2 aromatic rings. The van der Waals surface area contributed by atoms with Crippen molar-refractivity contribution in [2.24, 2.45) is 0 Å². The third-order valence-electron chi connectivity index (χ3n) is 3.97. The molecule has 3 N–H and O–H groups in total. The molecule has 0 unspecified atom stereocenters. The van der Waals surface area contributed by atoms with Crippen molar-refractivity contribution in [2.45, 2.75) is 37.8 Å². The Hall–Kier alpha value is -2.61. The third kappa shape index (κ3) is 3.96. The summed E-state index contributed by atoms with van der Waals surface area (Å²) in [5.41, 5.74) is 1.44. The van der Waals surface area contributed by atoms with E-state index in [0.29, 0.717) is 10.8 Å². The summed E-state index contributed by atoms with van der Waals surface area (Å²) >= 11 is 1.40. The fraction of sp³-hybridized carbons (Fsp3) is 0.333. The zero-order valence-corrected chi connectivity index (χ0v) is 15.4. The van der Waals surface area contributed by atoms with Crippen LogP contribution in [0.15, 0.2) is 34.2 Å². The van der Waals surface area contributed by atoms with Gasteiger partial charge >= 0.3 is 0 Å². The summed E-state index contributed by atoms with van der Waals surface area (Å²) in [6.07, 6.45) is 0.843. The molecule has 1 aliphatic heterocycles. The van der Waals surface area contributed by atoms with E-state index in [2.05, 4.69) is 20.6 Å². The van der Waals surface area contributed by atoms with Gasteiger partial charge in [0.15, 0.2) is 5.16 Å². The molecule has 2 amide bonds. The Labute approximate surface area is 155 Å². The number of thioether (sulfide) groups is 1. The van der Waals surface area contributed by atoms with E-state index in [9.17, 15) is 14.4 Å². The molecule has 1 aromatic heterocycles. The number of nitrogens with zero attached hydrogens (tertiary/aromatic N) is 1. The van der Waals surface area contributed by atoms with Crippen molar-refractivity contribution >= 4 is 35.1 Å². The highest BCUT2D eigenvalue weighted by Crippen LogP contribution is 2.30. The van der Waals surface area contributed by atoms with Crippen LogP contribution in [0, 0.1) is 6.92 Å². The molecule has 2 heterocycles. The van der Waals surface area contributed by atoms with Gasteiger partial charge in [-0.05, 0) is 31.0 Å². The molecule has 0 fully saturated rings. The topological polar surface area (TPSA) is 104 Å². The minimum atomic E-state index is -0.874. The molecular weight excluding hydrogens is 352 g/mol. The average molecular weight is 372 g/mol. The molecule has 0 bridgehead atoms. The summed E-state index contributed by atoms with van der Waals surface area (Å²) in [6, 6.07) is 7.34. The zero-order valence-electron chi connectivity index (χ0n) is 14.6. The average Bonchev–Trinajstić information content (AvgIpc) is 2.58. The van der Waals surface area contributed by atoms with E-state index >= 15 is 0 Å². The molecule has 7 nitrogen and oxygen atoms in total. The molecule has 3 rings (SSSR count). The van der Waals surface area contributed by atoms with Crippen molar-refractivity contribution in [1.29, 1.82) is 0 Å². The Morgan fingerprint density at radius 3 is 2.92 bits per heavy atom. The Morgan fingerprint density at radius 1 is 1.38 bits per heavy atom. The summed E-state index contributed by atoms with van der Waals surface area (Å²) in [6.45, 7) is 3.94. The van der Waals surface area contributed by atoms with E-state index in [1.807, 2.05) is 32.0 Å². The number of aryl methyl sites for hydroxylation is 1. The number of H-pyrrole nitrogens is 1. The minimum absolute atomic E-state index is 0.0864. The molecule has 1 aliphatic rings. The number of anilines is 2. The highest BCUT2D eigenvalue weighted by molar-refractivity contribution is 7.99. The number of fused-ring (bicyclic) bond motifs is 1. The number of aromatic nitrogens is 2. The molecule has 1 aromatic carbocycles. The Balaban J connectivity index is 1.91. The Kier molecular flexibility index (Phi) is 5.41. The van der Waals surface area contributed by atoms with Crippen LogP contribution in [0.5, 0.6) is 0 Å². The maximum Gasteiger partial charge on any atom is 0.257 e. The quantitative estimate of drug-likeness (QED) is 0.553. The van der Waals surface area contributed by atoms with Crippen LogP contribution in [0.1, 0.15) is 36.8 Å². The van der Waals surface area contributed by atoms with Gasteiger partial charge in [0, 0.05) is 17.9 Å². The highest BCUT2D eigenvalue weighted by atomic mass is 32.2. The van der Waals surface area contributed by atoms with Gasteiger partial charge in [0.2, 0.25) is 11.8 Å². The molecule has 26 heavy (non-hydrogen) atoms. The first kappa shape index (κ1) is 18.2. The smallest absolute Gasteiger partial charge is 0.257 e. The molecular formula is C18H20N4O3S. The van der Waals surface area contributed by atoms with Gasteiger partial charge in [0.05, 0.1) is 11.5 Å². The second kappa shape index (κ2) is 7.74. The van der Waals surface area contributed by atoms with E-state index in [0.717, 1.165) is 17.7 Å². The number of carbonyl (C=O) groups is 2. The van der Waals surface area contributed by atoms with Crippen LogP contribution in [0.3, 0.4) is 0 Å². The van der Waals surface area contributed by atoms with Gasteiger partial charge in [-0.2, -0.15) is 0 Å². The van der Waals surface area contributed by atoms with Gasteiger partial charge in [-0.25, -0.2) is 4.98 Å². The summed E-state index contributed by atoms with van der Waals surface area (Å²) in [7, 11) is 0. The van der Waals surface area contributed by atoms with Crippen molar-refractivity contribution in [1.82, 2.24) is 9.97 Å². The molecule has 1 atom stereocenters. The van der Waals surface area contributed by atoms with Crippen LogP contribution in [-0.2, 0) is 9.59 Å². The molecule has 0 saturated carbocycles. The molecule has 0 saturated heterocycles. The standard InChI is InChI=1S/C18H20N4O3S/c1-3-7-26-18-21-15-14(17(25)22-18)12(9-13(23)20-15)16(24)19-11-6-4-5-10(2)8-11/h4-6,8,12H,3,7,9H2,1-2H3,(H,19,24)(H2,20,21,22,23,25)/t12-/m0/s1. The second-order valence-corrected chi connectivity index (χ2v) is 7.23. The molecule has 0 aliphatic carbocycles. The lowest BCUT2D eigenvalue weighted by Gasteiger charge is -2.23. The van der Waals surface area contributed by atoms with Gasteiger partial charge in [0.25, 0.3) is 5.56 Å². The Morgan fingerprint density at radius 2 is 2.19 bits per heavy atom. The monoisotopic (exact) mass is 372 g/mol. The zero-order chi connectivity index (χ0) is 18.7. The van der Waals surface area contributed by atoms with E-state index in [4.69, 9.17) is 0 Å². The molecule has 8 heteroatoms. The van der Waals surface area contributed by atoms with Gasteiger partial charge in [-0.15, -0.1) is 0 Å². The number of amides is 2. The van der Waals surface area contributed by atoms with E-state index < -0.39 is 17.4 Å². The molecule has 0 spiro atoms. The van der Waals surface area contributed by atoms with Gasteiger partial charge < -0.3 is 15.6 Å². The number of hydrogen-bond acceptors (Lipinski definition) is 5. The van der Waals surface area contributed by atoms with Crippen LogP contribution in [0.4, 0.5) is 11.5 Å². The summed E-state index contributed by atoms with van der Waals surface area (Å²) in [5.74, 6) is -0.624. The van der Waals surface area contributed by atoms with Crippen LogP contribution in [-0.4, -0.2) is 27.5 Å². The number of benzene rings is 1. The van der Waals surface area contributed by atoms with Gasteiger partial charge in [-0.1, -0.05) is 30.8 Å². The number of aromatic amines is 1. The van der Waals surface area contributed by atoms with Crippen molar-refractivity contribution in [3.8, 4) is 0 Å². The lowest BCUT2D eigenvalue weighted by Crippen LogP contribution is -2.36. The number of hydrogen-bond donors (Lipinski definition) is 3. The van der Waals surface area contributed by atoms with Crippen LogP contribution in [0.25, 0.3) is 0 Å². The lowest BCUT2D eigenvalue weighted by molar-refractivity contribution is -0.123. The first-order valence-corrected chi connectivity index (χ1v) is 9.41. The number of rotatable bonds is 5. The number of carbonyl (C=O) groups excluding carboxylic acids is 2. The van der Waals surface area contributed by atoms with E-state index in [1.54, 1.807) is 6.07 Å². The molecule has 136 valence electrons. The normalized spacial score (nSPS) is 15.9. The predicted octanol–water partition coefficient (Wildman–Crippen LogP) is 2.64. The summed E-state index contributed by atoms with van der Waals surface area (Å²) < 4.78 is 0. The van der Waals surface area contributed by atoms with Crippen molar-refractivity contribution in [2.75, 3.05) is 16.4 Å². The maximum absolute atomic E-state index is 12.7.